The molecule has 4 nitrogen and oxygen atoms in total. The Morgan fingerprint density at radius 2 is 1.67 bits per heavy atom. The molecule has 2 rings (SSSR count). The Bertz CT molecular complexity index is 730. The first-order valence-corrected chi connectivity index (χ1v) is 7.44. The number of carboxylic acids is 1. The molecule has 1 amide bonds. The second kappa shape index (κ2) is 7.88. The molecule has 0 spiro atoms. The lowest BCUT2D eigenvalue weighted by Crippen LogP contribution is -2.43. The topological polar surface area (TPSA) is 66.4 Å². The lowest BCUT2D eigenvalue weighted by molar-refractivity contribution is -0.141. The third-order valence-corrected chi connectivity index (χ3v) is 3.64. The molecule has 0 radical (unpaired) electrons. The monoisotopic (exact) mass is 353 g/mol. The molecule has 2 aromatic carbocycles. The van der Waals surface area contributed by atoms with E-state index in [0.717, 1.165) is 12.1 Å². The summed E-state index contributed by atoms with van der Waals surface area (Å²) in [5, 5.41) is 12.0. The van der Waals surface area contributed by atoms with Crippen LogP contribution in [0.3, 0.4) is 0 Å². The first-order valence-electron chi connectivity index (χ1n) is 7.06. The second-order valence-corrected chi connectivity index (χ2v) is 5.60. The molecule has 0 bridgehead atoms. The van der Waals surface area contributed by atoms with Gasteiger partial charge in [0, 0.05) is 17.0 Å². The van der Waals surface area contributed by atoms with Crippen LogP contribution in [0.2, 0.25) is 5.02 Å². The minimum Gasteiger partial charge on any atom is -0.480 e. The largest absolute Gasteiger partial charge is 0.480 e. The van der Waals surface area contributed by atoms with E-state index in [2.05, 4.69) is 5.32 Å². The van der Waals surface area contributed by atoms with Crippen LogP contribution in [0.5, 0.6) is 0 Å². The first-order chi connectivity index (χ1) is 11.4. The van der Waals surface area contributed by atoms with Gasteiger partial charge < -0.3 is 10.4 Å². The van der Waals surface area contributed by atoms with Crippen molar-refractivity contribution in [3.05, 3.63) is 70.2 Å². The van der Waals surface area contributed by atoms with Crippen molar-refractivity contribution in [3.63, 3.8) is 0 Å². The number of amides is 1. The van der Waals surface area contributed by atoms with Gasteiger partial charge in [0.2, 0.25) is 5.91 Å². The van der Waals surface area contributed by atoms with E-state index >= 15 is 0 Å². The molecule has 0 saturated carbocycles. The highest BCUT2D eigenvalue weighted by Crippen LogP contribution is 2.14. The van der Waals surface area contributed by atoms with Crippen molar-refractivity contribution in [1.29, 1.82) is 0 Å². The van der Waals surface area contributed by atoms with E-state index in [9.17, 15) is 23.5 Å². The summed E-state index contributed by atoms with van der Waals surface area (Å²) in [4.78, 5) is 23.3. The maximum absolute atomic E-state index is 13.5. The number of carbonyl (C=O) groups excluding carboxylic acids is 1. The highest BCUT2D eigenvalue weighted by molar-refractivity contribution is 6.30. The average Bonchev–Trinajstić information content (AvgIpc) is 2.52. The molecule has 2 aromatic rings. The summed E-state index contributed by atoms with van der Waals surface area (Å²) in [6, 6.07) is 8.53. The molecule has 0 unspecified atom stereocenters. The number of aliphatic carboxylic acids is 1. The van der Waals surface area contributed by atoms with E-state index in [1.165, 1.54) is 6.07 Å². The van der Waals surface area contributed by atoms with Crippen LogP contribution in [0.15, 0.2) is 42.5 Å². The van der Waals surface area contributed by atoms with Crippen LogP contribution >= 0.6 is 11.6 Å². The van der Waals surface area contributed by atoms with Gasteiger partial charge in [0.05, 0.1) is 6.42 Å². The Morgan fingerprint density at radius 1 is 1.08 bits per heavy atom. The predicted molar refractivity (Wildman–Crippen MR) is 84.8 cm³/mol. The number of halogens is 3. The second-order valence-electron chi connectivity index (χ2n) is 5.17. The van der Waals surface area contributed by atoms with Crippen molar-refractivity contribution in [2.45, 2.75) is 18.9 Å². The molecule has 2 N–H and O–H groups in total. The summed E-state index contributed by atoms with van der Waals surface area (Å²) >= 11 is 5.76. The smallest absolute Gasteiger partial charge is 0.326 e. The van der Waals surface area contributed by atoms with Gasteiger partial charge in [-0.25, -0.2) is 13.6 Å². The van der Waals surface area contributed by atoms with E-state index < -0.39 is 41.5 Å². The van der Waals surface area contributed by atoms with Gasteiger partial charge in [-0.2, -0.15) is 0 Å². The van der Waals surface area contributed by atoms with E-state index in [0.29, 0.717) is 10.6 Å². The normalized spacial score (nSPS) is 11.8. The molecule has 0 aromatic heterocycles. The minimum absolute atomic E-state index is 0.0258. The fourth-order valence-corrected chi connectivity index (χ4v) is 2.29. The summed E-state index contributed by atoms with van der Waals surface area (Å²) in [6.45, 7) is 0. The lowest BCUT2D eigenvalue weighted by Gasteiger charge is -2.15. The zero-order valence-electron chi connectivity index (χ0n) is 12.4. The van der Waals surface area contributed by atoms with Gasteiger partial charge in [0.15, 0.2) is 0 Å². The fraction of sp³-hybridized carbons (Fsp3) is 0.176. The molecule has 0 aliphatic rings. The molecule has 7 heteroatoms. The average molecular weight is 354 g/mol. The van der Waals surface area contributed by atoms with Gasteiger partial charge in [-0.3, -0.25) is 4.79 Å². The van der Waals surface area contributed by atoms with Crippen LogP contribution in [0.1, 0.15) is 11.1 Å². The molecule has 1 atom stereocenters. The van der Waals surface area contributed by atoms with Gasteiger partial charge in [-0.05, 0) is 29.8 Å². The van der Waals surface area contributed by atoms with Crippen molar-refractivity contribution in [2.75, 3.05) is 0 Å². The van der Waals surface area contributed by atoms with Gasteiger partial charge in [-0.1, -0.05) is 29.8 Å². The number of benzene rings is 2. The quantitative estimate of drug-likeness (QED) is 0.839. The van der Waals surface area contributed by atoms with Crippen LogP contribution in [0, 0.1) is 11.6 Å². The summed E-state index contributed by atoms with van der Waals surface area (Å²) in [5.74, 6) is -3.72. The zero-order chi connectivity index (χ0) is 17.7. The van der Waals surface area contributed by atoms with Crippen molar-refractivity contribution >= 4 is 23.5 Å². The van der Waals surface area contributed by atoms with Gasteiger partial charge in [0.1, 0.15) is 17.7 Å². The molecular formula is C17H14ClF2NO3. The third kappa shape index (κ3) is 4.76. The molecule has 0 heterocycles. The Kier molecular flexibility index (Phi) is 5.87. The highest BCUT2D eigenvalue weighted by Gasteiger charge is 2.22. The zero-order valence-corrected chi connectivity index (χ0v) is 13.2. The van der Waals surface area contributed by atoms with Crippen LogP contribution in [-0.4, -0.2) is 23.0 Å². The van der Waals surface area contributed by atoms with Crippen LogP contribution in [0.4, 0.5) is 8.78 Å². The summed E-state index contributed by atoms with van der Waals surface area (Å²) in [7, 11) is 0. The van der Waals surface area contributed by atoms with Crippen LogP contribution < -0.4 is 5.32 Å². The maximum Gasteiger partial charge on any atom is 0.326 e. The number of hydrogen-bond acceptors (Lipinski definition) is 2. The molecule has 0 aliphatic heterocycles. The predicted octanol–water partition coefficient (Wildman–Crippen LogP) is 2.97. The van der Waals surface area contributed by atoms with Gasteiger partial charge >= 0.3 is 5.97 Å². The van der Waals surface area contributed by atoms with Crippen LogP contribution in [0.25, 0.3) is 0 Å². The first kappa shape index (κ1) is 17.9. The number of rotatable bonds is 6. The minimum atomic E-state index is -1.24. The van der Waals surface area contributed by atoms with E-state index in [4.69, 9.17) is 11.6 Å². The van der Waals surface area contributed by atoms with E-state index in [1.807, 2.05) is 0 Å². The molecular weight excluding hydrogens is 340 g/mol. The lowest BCUT2D eigenvalue weighted by atomic mass is 10.1. The molecule has 126 valence electrons. The van der Waals surface area contributed by atoms with E-state index in [-0.39, 0.29) is 6.42 Å². The van der Waals surface area contributed by atoms with Crippen LogP contribution in [-0.2, 0) is 22.4 Å². The van der Waals surface area contributed by atoms with Crippen molar-refractivity contribution in [1.82, 2.24) is 5.32 Å². The molecule has 0 fully saturated rings. The Hall–Kier alpha value is -2.47. The standard InChI is InChI=1S/C17H14ClF2NO3/c18-11-6-4-10(5-7-11)8-15(17(23)24)21-16(22)9-12-13(19)2-1-3-14(12)20/h1-7,15H,8-9H2,(H,21,22)(H,23,24)/t15-/m1/s1. The number of carbonyl (C=O) groups is 2. The summed E-state index contributed by atoms with van der Waals surface area (Å²) < 4.78 is 27.1. The maximum atomic E-state index is 13.5. The Morgan fingerprint density at radius 3 is 2.21 bits per heavy atom. The SMILES string of the molecule is O=C(Cc1c(F)cccc1F)N[C@H](Cc1ccc(Cl)cc1)C(=O)O. The molecule has 0 saturated heterocycles. The van der Waals surface area contributed by atoms with Crippen molar-refractivity contribution in [3.8, 4) is 0 Å². The third-order valence-electron chi connectivity index (χ3n) is 3.39. The molecule has 24 heavy (non-hydrogen) atoms. The Balaban J connectivity index is 2.06. The van der Waals surface area contributed by atoms with Crippen molar-refractivity contribution in [2.24, 2.45) is 0 Å². The summed E-state index contributed by atoms with van der Waals surface area (Å²) in [6.07, 6.45) is -0.555. The Labute approximate surface area is 142 Å². The molecule has 0 aliphatic carbocycles. The van der Waals surface area contributed by atoms with E-state index in [1.54, 1.807) is 24.3 Å². The number of nitrogens with one attached hydrogen (secondary N) is 1. The summed E-state index contributed by atoms with van der Waals surface area (Å²) in [5.41, 5.74) is 0.259. The number of hydrogen-bond donors (Lipinski definition) is 2. The van der Waals surface area contributed by atoms with Crippen molar-refractivity contribution < 1.29 is 23.5 Å². The van der Waals surface area contributed by atoms with Gasteiger partial charge in [-0.15, -0.1) is 0 Å². The van der Waals surface area contributed by atoms with Gasteiger partial charge in [0.25, 0.3) is 0 Å². The fourth-order valence-electron chi connectivity index (χ4n) is 2.16. The number of carboxylic acid groups (broad SMARTS) is 1. The highest BCUT2D eigenvalue weighted by atomic mass is 35.5.